The molecule has 0 spiro atoms. The minimum Gasteiger partial charge on any atom is -0.355 e. The molecule has 4 rings (SSSR count). The number of rotatable bonds is 12. The molecule has 0 saturated carbocycles. The number of likely N-dealkylation sites (N-methyl/N-ethyl adjacent to an activating group) is 1. The molecule has 0 bridgehead atoms. The Morgan fingerprint density at radius 2 is 1.43 bits per heavy atom. The maximum atomic E-state index is 14.3. The third kappa shape index (κ3) is 8.08. The van der Waals surface area contributed by atoms with Gasteiger partial charge in [-0.2, -0.15) is 0 Å². The molecular formula is C32H31Br2N3O4S. The van der Waals surface area contributed by atoms with Crippen molar-refractivity contribution in [2.24, 2.45) is 0 Å². The Morgan fingerprint density at radius 1 is 0.786 bits per heavy atom. The molecule has 4 aromatic rings. The molecule has 0 fully saturated rings. The van der Waals surface area contributed by atoms with Gasteiger partial charge in [-0.15, -0.1) is 0 Å². The van der Waals surface area contributed by atoms with Gasteiger partial charge in [-0.3, -0.25) is 13.9 Å². The summed E-state index contributed by atoms with van der Waals surface area (Å²) in [5.41, 5.74) is 2.00. The highest BCUT2D eigenvalue weighted by atomic mass is 79.9. The standard InChI is InChI=1S/C32H31Br2N3O4S/c1-2-35-32(39)30(20-24-10-5-3-6-11-24)36(22-25-16-18-26(33)19-17-25)31(38)23-37(28-13-9-12-27(34)21-28)42(40,41)29-14-7-4-8-15-29/h3-19,21,30H,2,20,22-23H2,1H3,(H,35,39). The van der Waals surface area contributed by atoms with Crippen LogP contribution >= 0.6 is 31.9 Å². The van der Waals surface area contributed by atoms with Crippen molar-refractivity contribution >= 4 is 59.4 Å². The van der Waals surface area contributed by atoms with E-state index in [2.05, 4.69) is 37.2 Å². The number of carbonyl (C=O) groups excluding carboxylic acids is 2. The van der Waals surface area contributed by atoms with Crippen LogP contribution in [0.2, 0.25) is 0 Å². The number of nitrogens with zero attached hydrogens (tertiary/aromatic N) is 2. The van der Waals surface area contributed by atoms with Crippen molar-refractivity contribution in [3.63, 3.8) is 0 Å². The smallest absolute Gasteiger partial charge is 0.264 e. The number of benzene rings is 4. The average molecular weight is 713 g/mol. The van der Waals surface area contributed by atoms with Crippen LogP contribution < -0.4 is 9.62 Å². The first kappa shape index (κ1) is 31.5. The second-order valence-corrected chi connectivity index (χ2v) is 13.2. The highest BCUT2D eigenvalue weighted by Crippen LogP contribution is 2.27. The molecule has 0 aliphatic rings. The lowest BCUT2D eigenvalue weighted by molar-refractivity contribution is -0.140. The van der Waals surface area contributed by atoms with E-state index in [0.717, 1.165) is 19.9 Å². The van der Waals surface area contributed by atoms with Gasteiger partial charge in [0.15, 0.2) is 0 Å². The van der Waals surface area contributed by atoms with E-state index in [4.69, 9.17) is 0 Å². The highest BCUT2D eigenvalue weighted by Gasteiger charge is 2.34. The van der Waals surface area contributed by atoms with Crippen molar-refractivity contribution < 1.29 is 18.0 Å². The third-order valence-electron chi connectivity index (χ3n) is 6.59. The second-order valence-electron chi connectivity index (χ2n) is 9.55. The summed E-state index contributed by atoms with van der Waals surface area (Å²) in [4.78, 5) is 29.4. The number of halogens is 2. The van der Waals surface area contributed by atoms with Gasteiger partial charge in [-0.1, -0.05) is 98.6 Å². The Bertz CT molecular complexity index is 1600. The van der Waals surface area contributed by atoms with E-state index in [1.807, 2.05) is 61.5 Å². The SMILES string of the molecule is CCNC(=O)C(Cc1ccccc1)N(Cc1ccc(Br)cc1)C(=O)CN(c1cccc(Br)c1)S(=O)(=O)c1ccccc1. The molecule has 218 valence electrons. The summed E-state index contributed by atoms with van der Waals surface area (Å²) in [5.74, 6) is -0.823. The summed E-state index contributed by atoms with van der Waals surface area (Å²) in [6, 6.07) is 30.8. The molecule has 4 aromatic carbocycles. The van der Waals surface area contributed by atoms with Crippen molar-refractivity contribution in [2.45, 2.75) is 30.8 Å². The molecule has 0 aliphatic heterocycles. The molecule has 10 heteroatoms. The molecule has 7 nitrogen and oxygen atoms in total. The lowest BCUT2D eigenvalue weighted by atomic mass is 10.0. The van der Waals surface area contributed by atoms with Gasteiger partial charge in [0.2, 0.25) is 11.8 Å². The first-order chi connectivity index (χ1) is 20.2. The van der Waals surface area contributed by atoms with Crippen LogP contribution in [0.15, 0.2) is 123 Å². The van der Waals surface area contributed by atoms with E-state index < -0.39 is 28.5 Å². The van der Waals surface area contributed by atoms with E-state index >= 15 is 0 Å². The summed E-state index contributed by atoms with van der Waals surface area (Å²) in [6.45, 7) is 1.81. The van der Waals surface area contributed by atoms with E-state index in [0.29, 0.717) is 16.7 Å². The zero-order valence-electron chi connectivity index (χ0n) is 23.0. The average Bonchev–Trinajstić information content (AvgIpc) is 2.99. The number of carbonyl (C=O) groups is 2. The van der Waals surface area contributed by atoms with Gasteiger partial charge >= 0.3 is 0 Å². The number of amides is 2. The molecule has 42 heavy (non-hydrogen) atoms. The molecule has 0 aliphatic carbocycles. The lowest BCUT2D eigenvalue weighted by Gasteiger charge is -2.34. The predicted molar refractivity (Wildman–Crippen MR) is 172 cm³/mol. The van der Waals surface area contributed by atoms with E-state index in [-0.39, 0.29) is 23.8 Å². The largest absolute Gasteiger partial charge is 0.355 e. The lowest BCUT2D eigenvalue weighted by Crippen LogP contribution is -2.53. The molecule has 0 heterocycles. The van der Waals surface area contributed by atoms with Crippen LogP contribution in [0.3, 0.4) is 0 Å². The van der Waals surface area contributed by atoms with Crippen LogP contribution in [-0.4, -0.2) is 44.3 Å². The van der Waals surface area contributed by atoms with Gasteiger partial charge in [0.25, 0.3) is 10.0 Å². The molecule has 0 aromatic heterocycles. The van der Waals surface area contributed by atoms with E-state index in [9.17, 15) is 18.0 Å². The molecule has 1 unspecified atom stereocenters. The fourth-order valence-electron chi connectivity index (χ4n) is 4.51. The Kier molecular flexibility index (Phi) is 11.0. The van der Waals surface area contributed by atoms with Gasteiger partial charge < -0.3 is 10.2 Å². The van der Waals surface area contributed by atoms with Gasteiger partial charge in [0, 0.05) is 28.5 Å². The monoisotopic (exact) mass is 711 g/mol. The maximum Gasteiger partial charge on any atom is 0.264 e. The first-order valence-electron chi connectivity index (χ1n) is 13.4. The van der Waals surface area contributed by atoms with E-state index in [1.165, 1.54) is 17.0 Å². The molecule has 0 radical (unpaired) electrons. The van der Waals surface area contributed by atoms with Crippen molar-refractivity contribution in [1.82, 2.24) is 10.2 Å². The number of anilines is 1. The molecule has 2 amide bonds. The van der Waals surface area contributed by atoms with Crippen molar-refractivity contribution in [3.8, 4) is 0 Å². The van der Waals surface area contributed by atoms with Gasteiger partial charge in [0.05, 0.1) is 10.6 Å². The fourth-order valence-corrected chi connectivity index (χ4v) is 6.59. The summed E-state index contributed by atoms with van der Waals surface area (Å²) < 4.78 is 30.5. The molecule has 0 saturated heterocycles. The Hall–Kier alpha value is -3.47. The topological polar surface area (TPSA) is 86.8 Å². The van der Waals surface area contributed by atoms with Crippen molar-refractivity contribution in [2.75, 3.05) is 17.4 Å². The Balaban J connectivity index is 1.78. The predicted octanol–water partition coefficient (Wildman–Crippen LogP) is 6.18. The fraction of sp³-hybridized carbons (Fsp3) is 0.188. The summed E-state index contributed by atoms with van der Waals surface area (Å²) in [6.07, 6.45) is 0.261. The van der Waals surface area contributed by atoms with Crippen molar-refractivity contribution in [1.29, 1.82) is 0 Å². The summed E-state index contributed by atoms with van der Waals surface area (Å²) in [7, 11) is -4.13. The van der Waals surface area contributed by atoms with Crippen LogP contribution in [0.1, 0.15) is 18.1 Å². The molecule has 1 N–H and O–H groups in total. The maximum absolute atomic E-state index is 14.3. The van der Waals surface area contributed by atoms with Crippen LogP contribution in [0.4, 0.5) is 5.69 Å². The minimum atomic E-state index is -4.13. The molecule has 1 atom stereocenters. The first-order valence-corrected chi connectivity index (χ1v) is 16.4. The highest BCUT2D eigenvalue weighted by molar-refractivity contribution is 9.10. The van der Waals surface area contributed by atoms with Crippen LogP contribution in [-0.2, 0) is 32.6 Å². The van der Waals surface area contributed by atoms with Crippen molar-refractivity contribution in [3.05, 3.63) is 129 Å². The number of nitrogens with one attached hydrogen (secondary N) is 1. The zero-order valence-corrected chi connectivity index (χ0v) is 27.0. The summed E-state index contributed by atoms with van der Waals surface area (Å²) in [5, 5.41) is 2.87. The third-order valence-corrected chi connectivity index (χ3v) is 9.40. The zero-order chi connectivity index (χ0) is 30.1. The number of hydrogen-bond donors (Lipinski definition) is 1. The van der Waals surface area contributed by atoms with Gasteiger partial charge in [-0.05, 0) is 60.5 Å². The second kappa shape index (κ2) is 14.6. The number of sulfonamides is 1. The Labute approximate surface area is 263 Å². The van der Waals surface area contributed by atoms with Crippen LogP contribution in [0, 0.1) is 0 Å². The van der Waals surface area contributed by atoms with Crippen LogP contribution in [0.25, 0.3) is 0 Å². The minimum absolute atomic E-state index is 0.0572. The normalized spacial score (nSPS) is 11.9. The quantitative estimate of drug-likeness (QED) is 0.190. The van der Waals surface area contributed by atoms with Crippen LogP contribution in [0.5, 0.6) is 0 Å². The molecular weight excluding hydrogens is 682 g/mol. The number of hydrogen-bond acceptors (Lipinski definition) is 4. The Morgan fingerprint density at radius 3 is 2.05 bits per heavy atom. The summed E-state index contributed by atoms with van der Waals surface area (Å²) >= 11 is 6.87. The van der Waals surface area contributed by atoms with Gasteiger partial charge in [-0.25, -0.2) is 8.42 Å². The van der Waals surface area contributed by atoms with Gasteiger partial charge in [0.1, 0.15) is 12.6 Å². The van der Waals surface area contributed by atoms with E-state index in [1.54, 1.807) is 42.5 Å².